The number of hydrogen-bond acceptors (Lipinski definition) is 7. The molecule has 4 rings (SSSR count). The van der Waals surface area contributed by atoms with Crippen LogP contribution in [0.4, 0.5) is 5.69 Å². The summed E-state index contributed by atoms with van der Waals surface area (Å²) in [4.78, 5) is 25.3. The lowest BCUT2D eigenvalue weighted by atomic mass is 9.99. The maximum Gasteiger partial charge on any atom is 0.303 e. The number of aliphatic hydroxyl groups excluding tert-OH is 1. The highest BCUT2D eigenvalue weighted by Gasteiger charge is 2.33. The zero-order chi connectivity index (χ0) is 27.5. The fraction of sp³-hybridized carbons (Fsp3) is 0.533. The number of hydrogen-bond donors (Lipinski definition) is 3. The Morgan fingerprint density at radius 2 is 1.54 bits per heavy atom. The summed E-state index contributed by atoms with van der Waals surface area (Å²) in [5.41, 5.74) is 3.52. The van der Waals surface area contributed by atoms with Crippen molar-refractivity contribution in [1.29, 1.82) is 0 Å². The van der Waals surface area contributed by atoms with Crippen molar-refractivity contribution in [2.24, 2.45) is 0 Å². The van der Waals surface area contributed by atoms with Gasteiger partial charge in [-0.1, -0.05) is 49.2 Å². The second-order valence-electron chi connectivity index (χ2n) is 10.2. The number of aliphatic hydroxyl groups is 1. The van der Waals surface area contributed by atoms with Crippen LogP contribution in [0.25, 0.3) is 0 Å². The third-order valence-corrected chi connectivity index (χ3v) is 7.19. The molecule has 0 bridgehead atoms. The normalized spacial score (nSPS) is 21.9. The molecule has 0 radical (unpaired) electrons. The SMILES string of the molecule is O=C(O)CCCCCCC(=O)Nc1ccc([C@H]2O[C@@H](CN3CCOCC3)C[C@@H](c3ccc(CO)cc3)O2)cc1. The molecule has 3 atom stereocenters. The van der Waals surface area contributed by atoms with Gasteiger partial charge in [-0.05, 0) is 36.1 Å². The Hall–Kier alpha value is -2.82. The van der Waals surface area contributed by atoms with Gasteiger partial charge in [0.25, 0.3) is 0 Å². The Bertz CT molecular complexity index is 1040. The molecule has 2 aromatic carbocycles. The number of ether oxygens (including phenoxy) is 3. The molecule has 2 fully saturated rings. The molecule has 0 spiro atoms. The number of benzene rings is 2. The van der Waals surface area contributed by atoms with Crippen LogP contribution in [0.5, 0.6) is 0 Å². The molecule has 0 aromatic heterocycles. The molecule has 2 heterocycles. The van der Waals surface area contributed by atoms with Gasteiger partial charge in [-0.3, -0.25) is 14.5 Å². The molecule has 39 heavy (non-hydrogen) atoms. The molecule has 9 heteroatoms. The summed E-state index contributed by atoms with van der Waals surface area (Å²) in [7, 11) is 0. The summed E-state index contributed by atoms with van der Waals surface area (Å²) in [5, 5.41) is 21.0. The van der Waals surface area contributed by atoms with Gasteiger partial charge in [-0.2, -0.15) is 0 Å². The Morgan fingerprint density at radius 3 is 2.21 bits per heavy atom. The van der Waals surface area contributed by atoms with Crippen molar-refractivity contribution < 1.29 is 34.0 Å². The van der Waals surface area contributed by atoms with Crippen molar-refractivity contribution in [3.63, 3.8) is 0 Å². The van der Waals surface area contributed by atoms with Crippen molar-refractivity contribution in [3.8, 4) is 0 Å². The van der Waals surface area contributed by atoms with Crippen LogP contribution in [0.2, 0.25) is 0 Å². The summed E-state index contributed by atoms with van der Waals surface area (Å²) in [6.45, 7) is 4.05. The van der Waals surface area contributed by atoms with Crippen LogP contribution in [-0.2, 0) is 30.4 Å². The third kappa shape index (κ3) is 9.40. The minimum absolute atomic E-state index is 0.00682. The Kier molecular flexibility index (Phi) is 11.3. The van der Waals surface area contributed by atoms with Gasteiger partial charge in [0, 0.05) is 50.1 Å². The molecular formula is C30H40N2O7. The van der Waals surface area contributed by atoms with Crippen molar-refractivity contribution in [1.82, 2.24) is 4.90 Å². The molecule has 9 nitrogen and oxygen atoms in total. The third-order valence-electron chi connectivity index (χ3n) is 7.19. The van der Waals surface area contributed by atoms with E-state index < -0.39 is 12.3 Å². The predicted octanol–water partition coefficient (Wildman–Crippen LogP) is 4.42. The minimum Gasteiger partial charge on any atom is -0.481 e. The van der Waals surface area contributed by atoms with Gasteiger partial charge in [0.2, 0.25) is 5.91 Å². The number of anilines is 1. The van der Waals surface area contributed by atoms with Crippen molar-refractivity contribution in [2.45, 2.75) is 70.1 Å². The molecular weight excluding hydrogens is 500 g/mol. The first kappa shape index (κ1) is 29.2. The zero-order valence-electron chi connectivity index (χ0n) is 22.4. The Morgan fingerprint density at radius 1 is 0.872 bits per heavy atom. The van der Waals surface area contributed by atoms with Crippen LogP contribution in [0.15, 0.2) is 48.5 Å². The highest BCUT2D eigenvalue weighted by molar-refractivity contribution is 5.90. The second-order valence-corrected chi connectivity index (χ2v) is 10.2. The monoisotopic (exact) mass is 540 g/mol. The standard InChI is InChI=1S/C30H40N2O7/c33-21-22-7-9-23(10-8-22)27-19-26(20-32-15-17-37-18-16-32)38-30(39-27)24-11-13-25(14-12-24)31-28(34)5-3-1-2-4-6-29(35)36/h7-14,26-27,30,33H,1-6,15-21H2,(H,31,34)(H,35,36)/t26-,27+,30+/m1/s1. The van der Waals surface area contributed by atoms with E-state index in [0.717, 1.165) is 75.2 Å². The van der Waals surface area contributed by atoms with E-state index in [9.17, 15) is 14.7 Å². The summed E-state index contributed by atoms with van der Waals surface area (Å²) < 4.78 is 18.3. The molecule has 2 aliphatic rings. The number of carboxylic acids is 1. The van der Waals surface area contributed by atoms with Gasteiger partial charge in [0.15, 0.2) is 6.29 Å². The minimum atomic E-state index is -0.778. The lowest BCUT2D eigenvalue weighted by Crippen LogP contribution is -2.44. The maximum atomic E-state index is 12.3. The van der Waals surface area contributed by atoms with Crippen LogP contribution in [0, 0.1) is 0 Å². The summed E-state index contributed by atoms with van der Waals surface area (Å²) >= 11 is 0. The molecule has 1 amide bonds. The van der Waals surface area contributed by atoms with E-state index in [4.69, 9.17) is 19.3 Å². The molecule has 0 saturated carbocycles. The van der Waals surface area contributed by atoms with Crippen LogP contribution >= 0.6 is 0 Å². The van der Waals surface area contributed by atoms with Gasteiger partial charge in [-0.25, -0.2) is 0 Å². The highest BCUT2D eigenvalue weighted by Crippen LogP contribution is 2.38. The number of carboxylic acid groups (broad SMARTS) is 1. The number of carbonyl (C=O) groups is 2. The molecule has 2 saturated heterocycles. The maximum absolute atomic E-state index is 12.3. The number of unbranched alkanes of at least 4 members (excludes halogenated alkanes) is 3. The second kappa shape index (κ2) is 15.1. The largest absolute Gasteiger partial charge is 0.481 e. The first-order valence-electron chi connectivity index (χ1n) is 13.9. The van der Waals surface area contributed by atoms with Crippen molar-refractivity contribution >= 4 is 17.6 Å². The van der Waals surface area contributed by atoms with E-state index in [0.29, 0.717) is 18.5 Å². The Labute approximate surface area is 230 Å². The molecule has 3 N–H and O–H groups in total. The van der Waals surface area contributed by atoms with E-state index in [-0.39, 0.29) is 31.1 Å². The molecule has 0 unspecified atom stereocenters. The number of rotatable bonds is 13. The number of amides is 1. The topological polar surface area (TPSA) is 118 Å². The lowest BCUT2D eigenvalue weighted by Gasteiger charge is -2.39. The van der Waals surface area contributed by atoms with Gasteiger partial charge >= 0.3 is 5.97 Å². The van der Waals surface area contributed by atoms with Crippen LogP contribution in [0.3, 0.4) is 0 Å². The smallest absolute Gasteiger partial charge is 0.303 e. The summed E-state index contributed by atoms with van der Waals surface area (Å²) in [6, 6.07) is 15.4. The van der Waals surface area contributed by atoms with Gasteiger partial charge in [0.05, 0.1) is 32.0 Å². The van der Waals surface area contributed by atoms with Crippen LogP contribution < -0.4 is 5.32 Å². The molecule has 0 aliphatic carbocycles. The van der Waals surface area contributed by atoms with E-state index in [1.165, 1.54) is 0 Å². The number of aliphatic carboxylic acids is 1. The number of nitrogens with one attached hydrogen (secondary N) is 1. The predicted molar refractivity (Wildman–Crippen MR) is 146 cm³/mol. The van der Waals surface area contributed by atoms with Gasteiger partial charge in [0.1, 0.15) is 0 Å². The Balaban J connectivity index is 1.34. The summed E-state index contributed by atoms with van der Waals surface area (Å²) in [6.07, 6.45) is 3.66. The van der Waals surface area contributed by atoms with Crippen LogP contribution in [0.1, 0.15) is 74.0 Å². The first-order chi connectivity index (χ1) is 19.0. The summed E-state index contributed by atoms with van der Waals surface area (Å²) in [5.74, 6) is -0.830. The van der Waals surface area contributed by atoms with Crippen LogP contribution in [-0.4, -0.2) is 65.9 Å². The van der Waals surface area contributed by atoms with Gasteiger partial charge < -0.3 is 29.7 Å². The zero-order valence-corrected chi connectivity index (χ0v) is 22.4. The van der Waals surface area contributed by atoms with Gasteiger partial charge in [-0.15, -0.1) is 0 Å². The fourth-order valence-electron chi connectivity index (χ4n) is 4.97. The average molecular weight is 541 g/mol. The quantitative estimate of drug-likeness (QED) is 0.320. The van der Waals surface area contributed by atoms with Crippen molar-refractivity contribution in [3.05, 3.63) is 65.2 Å². The van der Waals surface area contributed by atoms with Crippen molar-refractivity contribution in [2.75, 3.05) is 38.2 Å². The highest BCUT2D eigenvalue weighted by atomic mass is 16.7. The van der Waals surface area contributed by atoms with E-state index in [2.05, 4.69) is 10.2 Å². The van der Waals surface area contributed by atoms with E-state index in [1.54, 1.807) is 0 Å². The number of nitrogens with zero attached hydrogens (tertiary/aromatic N) is 1. The molecule has 2 aromatic rings. The lowest BCUT2D eigenvalue weighted by molar-refractivity contribution is -0.253. The number of morpholine rings is 1. The first-order valence-corrected chi connectivity index (χ1v) is 13.9. The van der Waals surface area contributed by atoms with E-state index in [1.807, 2.05) is 48.5 Å². The molecule has 212 valence electrons. The van der Waals surface area contributed by atoms with E-state index >= 15 is 0 Å². The fourth-order valence-corrected chi connectivity index (χ4v) is 4.97. The molecule has 2 aliphatic heterocycles. The average Bonchev–Trinajstić information content (AvgIpc) is 2.95. The number of carbonyl (C=O) groups excluding carboxylic acids is 1.